The molecule has 0 bridgehead atoms. The number of rotatable bonds is 3. The highest BCUT2D eigenvalue weighted by atomic mass is 16.7. The first-order chi connectivity index (χ1) is 13.7. The average Bonchev–Trinajstić information content (AvgIpc) is 3.32. The summed E-state index contributed by atoms with van der Waals surface area (Å²) >= 11 is 0. The van der Waals surface area contributed by atoms with Gasteiger partial charge in [0.1, 0.15) is 0 Å². The number of carbonyl (C=O) groups is 2. The number of para-hydroxylation sites is 1. The molecule has 0 aromatic heterocycles. The van der Waals surface area contributed by atoms with E-state index >= 15 is 0 Å². The summed E-state index contributed by atoms with van der Waals surface area (Å²) in [5.74, 6) is 0.950. The summed E-state index contributed by atoms with van der Waals surface area (Å²) in [6.45, 7) is 3.60. The molecule has 1 N–H and O–H groups in total. The SMILES string of the molecule is O=C1C[C@@H]([NH+]2CCN(c3ccccc3)CC2)C(=O)N1c1ccc2c(c1)OCO2. The zero-order valence-electron chi connectivity index (χ0n) is 15.5. The number of hydrogen-bond donors (Lipinski definition) is 1. The summed E-state index contributed by atoms with van der Waals surface area (Å²) in [5.41, 5.74) is 1.77. The maximum absolute atomic E-state index is 13.1. The Balaban J connectivity index is 1.29. The minimum Gasteiger partial charge on any atom is -0.454 e. The third-order valence-electron chi connectivity index (χ3n) is 5.78. The van der Waals surface area contributed by atoms with E-state index < -0.39 is 0 Å². The molecule has 2 saturated heterocycles. The van der Waals surface area contributed by atoms with Crippen molar-refractivity contribution in [2.75, 3.05) is 42.8 Å². The zero-order chi connectivity index (χ0) is 19.1. The van der Waals surface area contributed by atoms with Crippen LogP contribution in [-0.2, 0) is 9.59 Å². The summed E-state index contributed by atoms with van der Waals surface area (Å²) in [5, 5.41) is 0. The third-order valence-corrected chi connectivity index (χ3v) is 5.78. The molecule has 5 rings (SSSR count). The Hall–Kier alpha value is -3.06. The molecule has 0 saturated carbocycles. The van der Waals surface area contributed by atoms with E-state index in [2.05, 4.69) is 17.0 Å². The molecule has 7 nitrogen and oxygen atoms in total. The van der Waals surface area contributed by atoms with E-state index in [1.54, 1.807) is 18.2 Å². The van der Waals surface area contributed by atoms with Crippen LogP contribution in [0.25, 0.3) is 0 Å². The van der Waals surface area contributed by atoms with Crippen molar-refractivity contribution in [1.29, 1.82) is 0 Å². The molecule has 2 fully saturated rings. The maximum Gasteiger partial charge on any atom is 0.292 e. The average molecular weight is 380 g/mol. The van der Waals surface area contributed by atoms with Gasteiger partial charge in [0.15, 0.2) is 17.5 Å². The predicted molar refractivity (Wildman–Crippen MR) is 103 cm³/mol. The smallest absolute Gasteiger partial charge is 0.292 e. The lowest BCUT2D eigenvalue weighted by Crippen LogP contribution is -3.19. The second-order valence-corrected chi connectivity index (χ2v) is 7.34. The molecule has 0 radical (unpaired) electrons. The topological polar surface area (TPSA) is 63.5 Å². The Morgan fingerprint density at radius 3 is 2.43 bits per heavy atom. The van der Waals surface area contributed by atoms with Crippen molar-refractivity contribution in [3.05, 3.63) is 48.5 Å². The van der Waals surface area contributed by atoms with Crippen LogP contribution in [0.1, 0.15) is 6.42 Å². The van der Waals surface area contributed by atoms with Gasteiger partial charge in [0, 0.05) is 11.8 Å². The predicted octanol–water partition coefficient (Wildman–Crippen LogP) is 0.452. The number of quaternary nitrogens is 1. The monoisotopic (exact) mass is 380 g/mol. The standard InChI is InChI=1S/C21H21N3O4/c25-20-13-17(23-10-8-22(9-11-23)15-4-2-1-3-5-15)21(26)24(20)16-6-7-18-19(12-16)28-14-27-18/h1-7,12,17H,8-11,13-14H2/p+1/t17-/m1/s1. The van der Waals surface area contributed by atoms with Crippen LogP contribution in [0.4, 0.5) is 11.4 Å². The van der Waals surface area contributed by atoms with Gasteiger partial charge in [-0.1, -0.05) is 18.2 Å². The van der Waals surface area contributed by atoms with Crippen molar-refractivity contribution in [2.24, 2.45) is 0 Å². The molecule has 7 heteroatoms. The number of hydrogen-bond acceptors (Lipinski definition) is 5. The Labute approximate surface area is 163 Å². The van der Waals surface area contributed by atoms with Crippen molar-refractivity contribution in [1.82, 2.24) is 0 Å². The molecule has 0 unspecified atom stereocenters. The van der Waals surface area contributed by atoms with E-state index in [1.807, 2.05) is 18.2 Å². The number of carbonyl (C=O) groups excluding carboxylic acids is 2. The minimum absolute atomic E-state index is 0.118. The number of fused-ring (bicyclic) bond motifs is 1. The Morgan fingerprint density at radius 1 is 0.893 bits per heavy atom. The largest absolute Gasteiger partial charge is 0.454 e. The van der Waals surface area contributed by atoms with E-state index in [-0.39, 0.29) is 31.1 Å². The van der Waals surface area contributed by atoms with E-state index in [0.29, 0.717) is 17.2 Å². The first kappa shape index (κ1) is 17.1. The van der Waals surface area contributed by atoms with Crippen molar-refractivity contribution < 1.29 is 24.0 Å². The molecule has 2 aromatic carbocycles. The highest BCUT2D eigenvalue weighted by molar-refractivity contribution is 6.22. The number of piperazine rings is 1. The van der Waals surface area contributed by atoms with Gasteiger partial charge in [0.2, 0.25) is 12.7 Å². The minimum atomic E-state index is -0.309. The second kappa shape index (κ2) is 6.83. The molecule has 2 aromatic rings. The summed E-state index contributed by atoms with van der Waals surface area (Å²) in [7, 11) is 0. The van der Waals surface area contributed by atoms with Crippen molar-refractivity contribution in [3.63, 3.8) is 0 Å². The molecular weight excluding hydrogens is 358 g/mol. The van der Waals surface area contributed by atoms with E-state index in [4.69, 9.17) is 9.47 Å². The van der Waals surface area contributed by atoms with Crippen molar-refractivity contribution in [3.8, 4) is 11.5 Å². The first-order valence-corrected chi connectivity index (χ1v) is 9.62. The van der Waals surface area contributed by atoms with Crippen LogP contribution in [0.15, 0.2) is 48.5 Å². The summed E-state index contributed by atoms with van der Waals surface area (Å²) in [4.78, 5) is 30.5. The van der Waals surface area contributed by atoms with Crippen LogP contribution in [0, 0.1) is 0 Å². The van der Waals surface area contributed by atoms with Gasteiger partial charge in [-0.3, -0.25) is 9.59 Å². The van der Waals surface area contributed by atoms with Gasteiger partial charge in [-0.15, -0.1) is 0 Å². The lowest BCUT2D eigenvalue weighted by molar-refractivity contribution is -0.915. The van der Waals surface area contributed by atoms with E-state index in [0.717, 1.165) is 26.2 Å². The normalized spacial score (nSPS) is 22.2. The van der Waals surface area contributed by atoms with E-state index in [9.17, 15) is 9.59 Å². The maximum atomic E-state index is 13.1. The Bertz CT molecular complexity index is 909. The number of amides is 2. The number of benzene rings is 2. The molecule has 1 atom stereocenters. The van der Waals surface area contributed by atoms with Crippen LogP contribution in [0.2, 0.25) is 0 Å². The van der Waals surface area contributed by atoms with Gasteiger partial charge < -0.3 is 19.3 Å². The lowest BCUT2D eigenvalue weighted by Gasteiger charge is -2.35. The highest BCUT2D eigenvalue weighted by Crippen LogP contribution is 2.36. The number of anilines is 2. The number of ether oxygens (including phenoxy) is 2. The van der Waals surface area contributed by atoms with Crippen molar-refractivity contribution in [2.45, 2.75) is 12.5 Å². The third kappa shape index (κ3) is 2.88. The van der Waals surface area contributed by atoms with Crippen LogP contribution in [-0.4, -0.2) is 50.8 Å². The van der Waals surface area contributed by atoms with Crippen molar-refractivity contribution >= 4 is 23.2 Å². The fourth-order valence-corrected chi connectivity index (χ4v) is 4.29. The summed E-state index contributed by atoms with van der Waals surface area (Å²) in [6, 6.07) is 15.2. The first-order valence-electron chi connectivity index (χ1n) is 9.62. The molecular formula is C21H22N3O4+. The number of nitrogens with zero attached hydrogens (tertiary/aromatic N) is 2. The summed E-state index contributed by atoms with van der Waals surface area (Å²) in [6.07, 6.45) is 0.258. The molecule has 144 valence electrons. The zero-order valence-corrected chi connectivity index (χ0v) is 15.5. The quantitative estimate of drug-likeness (QED) is 0.784. The fourth-order valence-electron chi connectivity index (χ4n) is 4.29. The van der Waals surface area contributed by atoms with Crippen LogP contribution in [0.5, 0.6) is 11.5 Å². The molecule has 28 heavy (non-hydrogen) atoms. The fraction of sp³-hybridized carbons (Fsp3) is 0.333. The number of nitrogens with one attached hydrogen (secondary N) is 1. The highest BCUT2D eigenvalue weighted by Gasteiger charge is 2.46. The van der Waals surface area contributed by atoms with Crippen LogP contribution >= 0.6 is 0 Å². The Kier molecular flexibility index (Phi) is 4.16. The molecule has 2 amide bonds. The second-order valence-electron chi connectivity index (χ2n) is 7.34. The van der Waals surface area contributed by atoms with Crippen LogP contribution in [0.3, 0.4) is 0 Å². The number of imide groups is 1. The van der Waals surface area contributed by atoms with Gasteiger partial charge in [-0.2, -0.15) is 0 Å². The lowest BCUT2D eigenvalue weighted by atomic mass is 10.1. The molecule has 3 aliphatic heterocycles. The molecule has 3 heterocycles. The van der Waals surface area contributed by atoms with Gasteiger partial charge in [-0.05, 0) is 24.3 Å². The van der Waals surface area contributed by atoms with Gasteiger partial charge in [0.05, 0.1) is 38.3 Å². The summed E-state index contributed by atoms with van der Waals surface area (Å²) < 4.78 is 10.7. The van der Waals surface area contributed by atoms with E-state index in [1.165, 1.54) is 15.5 Å². The van der Waals surface area contributed by atoms with Gasteiger partial charge in [-0.25, -0.2) is 4.90 Å². The molecule has 0 aliphatic carbocycles. The molecule has 0 spiro atoms. The molecule has 3 aliphatic rings. The van der Waals surface area contributed by atoms with Gasteiger partial charge in [0.25, 0.3) is 5.91 Å². The Morgan fingerprint density at radius 2 is 1.64 bits per heavy atom. The van der Waals surface area contributed by atoms with Gasteiger partial charge >= 0.3 is 0 Å². The van der Waals surface area contributed by atoms with Crippen LogP contribution < -0.4 is 24.2 Å².